The molecule has 1 saturated carbocycles. The van der Waals surface area contributed by atoms with E-state index in [1.54, 1.807) is 6.92 Å². The number of hydrogen-bond acceptors (Lipinski definition) is 10. The summed E-state index contributed by atoms with van der Waals surface area (Å²) in [6.45, 7) is 9.17. The molecule has 10 heteroatoms. The molecule has 10 nitrogen and oxygen atoms in total. The van der Waals surface area contributed by atoms with Gasteiger partial charge in [-0.2, -0.15) is 0 Å². The molecule has 8 aliphatic rings. The molecule has 3 spiro atoms. The predicted octanol–water partition coefficient (Wildman–Crippen LogP) is 1.75. The van der Waals surface area contributed by atoms with E-state index in [2.05, 4.69) is 0 Å². The van der Waals surface area contributed by atoms with Crippen LogP contribution in [-0.2, 0) is 42.9 Å². The lowest BCUT2D eigenvalue weighted by Crippen LogP contribution is -2.63. The molecule has 0 aromatic rings. The smallest absolute Gasteiger partial charge is 0.312 e. The van der Waals surface area contributed by atoms with E-state index < -0.39 is 87.5 Å². The summed E-state index contributed by atoms with van der Waals surface area (Å²) in [5.41, 5.74) is -4.05. The van der Waals surface area contributed by atoms with Crippen molar-refractivity contribution in [2.75, 3.05) is 0 Å². The van der Waals surface area contributed by atoms with Crippen molar-refractivity contribution < 1.29 is 48.0 Å². The van der Waals surface area contributed by atoms with Crippen molar-refractivity contribution in [2.45, 2.75) is 107 Å². The van der Waals surface area contributed by atoms with Crippen molar-refractivity contribution in [1.82, 2.24) is 0 Å². The van der Waals surface area contributed by atoms with Gasteiger partial charge < -0.3 is 28.8 Å². The van der Waals surface area contributed by atoms with Crippen molar-refractivity contribution in [2.24, 2.45) is 35.0 Å². The van der Waals surface area contributed by atoms with Gasteiger partial charge in [0.1, 0.15) is 30.0 Å². The number of ketones is 2. The maximum Gasteiger partial charge on any atom is 0.312 e. The Kier molecular flexibility index (Phi) is 4.21. The van der Waals surface area contributed by atoms with Crippen molar-refractivity contribution in [3.8, 4) is 0 Å². The van der Waals surface area contributed by atoms with Crippen LogP contribution >= 0.6 is 0 Å². The summed E-state index contributed by atoms with van der Waals surface area (Å²) in [5, 5.41) is 11.8. The molecule has 0 radical (unpaired) electrons. The molecule has 6 heterocycles. The first-order valence-electron chi connectivity index (χ1n) is 14.2. The number of fused-ring (bicyclic) bond motifs is 2. The maximum atomic E-state index is 14.7. The molecule has 2 aliphatic carbocycles. The third-order valence-electron chi connectivity index (χ3n) is 11.9. The molecule has 8 rings (SSSR count). The fraction of sp³-hybridized carbons (Fsp3) is 0.793. The Morgan fingerprint density at radius 1 is 0.974 bits per heavy atom. The van der Waals surface area contributed by atoms with Gasteiger partial charge in [-0.25, -0.2) is 0 Å². The average Bonchev–Trinajstić information content (AvgIpc) is 3.38. The number of aliphatic hydroxyl groups is 1. The zero-order chi connectivity index (χ0) is 27.7. The Balaban J connectivity index is 1.33. The minimum Gasteiger partial charge on any atom is -0.459 e. The van der Waals surface area contributed by atoms with Gasteiger partial charge in [0.15, 0.2) is 5.60 Å². The first-order valence-corrected chi connectivity index (χ1v) is 14.2. The zero-order valence-corrected chi connectivity index (χ0v) is 22.8. The fourth-order valence-electron chi connectivity index (χ4n) is 10.3. The normalized spacial score (nSPS) is 57.9. The molecule has 12 atom stereocenters. The molecule has 2 bridgehead atoms. The van der Waals surface area contributed by atoms with Crippen molar-refractivity contribution >= 4 is 23.5 Å². The minimum atomic E-state index is -1.88. The molecule has 0 amide bonds. The second-order valence-corrected chi connectivity index (χ2v) is 14.1. The first-order chi connectivity index (χ1) is 18.1. The molecule has 0 unspecified atom stereocenters. The van der Waals surface area contributed by atoms with E-state index in [1.807, 2.05) is 33.8 Å². The van der Waals surface area contributed by atoms with Crippen LogP contribution < -0.4 is 0 Å². The van der Waals surface area contributed by atoms with Crippen LogP contribution in [0.5, 0.6) is 0 Å². The van der Waals surface area contributed by atoms with Gasteiger partial charge in [-0.15, -0.1) is 0 Å². The van der Waals surface area contributed by atoms with E-state index in [9.17, 15) is 24.3 Å². The Bertz CT molecular complexity index is 1320. The molecular formula is C29H34O10. The largest absolute Gasteiger partial charge is 0.459 e. The van der Waals surface area contributed by atoms with E-state index in [4.69, 9.17) is 23.7 Å². The quantitative estimate of drug-likeness (QED) is 0.451. The Morgan fingerprint density at radius 3 is 2.46 bits per heavy atom. The second-order valence-electron chi connectivity index (χ2n) is 14.1. The highest BCUT2D eigenvalue weighted by Gasteiger charge is 2.83. The first kappa shape index (κ1) is 24.6. The summed E-state index contributed by atoms with van der Waals surface area (Å²) >= 11 is 0. The fourth-order valence-corrected chi connectivity index (χ4v) is 10.3. The molecule has 6 aliphatic heterocycles. The number of hydrogen-bond donors (Lipinski definition) is 1. The van der Waals surface area contributed by atoms with E-state index >= 15 is 0 Å². The van der Waals surface area contributed by atoms with Crippen molar-refractivity contribution in [3.63, 3.8) is 0 Å². The Hall–Kier alpha value is -2.14. The van der Waals surface area contributed by atoms with Gasteiger partial charge in [0.25, 0.3) is 0 Å². The van der Waals surface area contributed by atoms with Crippen LogP contribution in [-0.4, -0.2) is 69.2 Å². The number of allylic oxidation sites excluding steroid dienone is 1. The van der Waals surface area contributed by atoms with Crippen LogP contribution in [0.25, 0.3) is 0 Å². The van der Waals surface area contributed by atoms with E-state index in [1.165, 1.54) is 0 Å². The summed E-state index contributed by atoms with van der Waals surface area (Å²) in [6.07, 6.45) is 1.22. The minimum absolute atomic E-state index is 0.00924. The van der Waals surface area contributed by atoms with Crippen LogP contribution in [0.4, 0.5) is 0 Å². The second kappa shape index (κ2) is 6.66. The highest BCUT2D eigenvalue weighted by Crippen LogP contribution is 2.71. The number of Topliss-reactive ketones (excluding diaryl/α,β-unsaturated/α-hetero) is 2. The predicted molar refractivity (Wildman–Crippen MR) is 128 cm³/mol. The van der Waals surface area contributed by atoms with Crippen molar-refractivity contribution in [3.05, 3.63) is 11.6 Å². The number of rotatable bonds is 0. The number of carbonyl (C=O) groups is 4. The third-order valence-corrected chi connectivity index (χ3v) is 11.9. The summed E-state index contributed by atoms with van der Waals surface area (Å²) in [5.74, 6) is -7.53. The van der Waals surface area contributed by atoms with Crippen LogP contribution in [0.3, 0.4) is 0 Å². The lowest BCUT2D eigenvalue weighted by atomic mass is 9.62. The van der Waals surface area contributed by atoms with Gasteiger partial charge in [0.05, 0.1) is 11.5 Å². The zero-order valence-electron chi connectivity index (χ0n) is 22.8. The third kappa shape index (κ3) is 2.44. The number of carbonyl (C=O) groups excluding carboxylic acids is 4. The summed E-state index contributed by atoms with van der Waals surface area (Å²) < 4.78 is 31.6. The Labute approximate surface area is 225 Å². The molecule has 7 fully saturated rings. The highest BCUT2D eigenvalue weighted by molar-refractivity contribution is 6.07. The van der Waals surface area contributed by atoms with Gasteiger partial charge >= 0.3 is 11.9 Å². The molecular weight excluding hydrogens is 508 g/mol. The monoisotopic (exact) mass is 542 g/mol. The van der Waals surface area contributed by atoms with Crippen LogP contribution in [0.1, 0.15) is 66.7 Å². The van der Waals surface area contributed by atoms with Crippen LogP contribution in [0.2, 0.25) is 0 Å². The summed E-state index contributed by atoms with van der Waals surface area (Å²) in [4.78, 5) is 54.0. The van der Waals surface area contributed by atoms with E-state index in [-0.39, 0.29) is 24.4 Å². The topological polar surface area (TPSA) is 135 Å². The Morgan fingerprint density at radius 2 is 1.72 bits per heavy atom. The summed E-state index contributed by atoms with van der Waals surface area (Å²) in [7, 11) is 0. The van der Waals surface area contributed by atoms with Crippen LogP contribution in [0, 0.1) is 35.0 Å². The SMILES string of the molecule is C[C@@H]1C(=O)O[C@H]2[C@@H]1O[C@]13O[C@@]4(CC[C@]5(C)C(=O)[C@H](C)[C@H]2[C@H]15)C[C@]12OC(=O)C[C@@]1(O)OC(C)(C)[C@@H]2CC=C4C3=O. The van der Waals surface area contributed by atoms with E-state index in [0.717, 1.165) is 0 Å². The van der Waals surface area contributed by atoms with Gasteiger partial charge in [-0.3, -0.25) is 19.2 Å². The lowest BCUT2D eigenvalue weighted by molar-refractivity contribution is -0.333. The lowest BCUT2D eigenvalue weighted by Gasteiger charge is -2.49. The van der Waals surface area contributed by atoms with E-state index in [0.29, 0.717) is 24.8 Å². The average molecular weight is 543 g/mol. The maximum absolute atomic E-state index is 14.7. The number of esters is 2. The van der Waals surface area contributed by atoms with Crippen molar-refractivity contribution in [1.29, 1.82) is 0 Å². The van der Waals surface area contributed by atoms with Crippen LogP contribution in [0.15, 0.2) is 11.6 Å². The number of ether oxygens (including phenoxy) is 5. The summed E-state index contributed by atoms with van der Waals surface area (Å²) in [6, 6.07) is 0. The highest BCUT2D eigenvalue weighted by atomic mass is 16.7. The molecule has 6 saturated heterocycles. The molecule has 1 N–H and O–H groups in total. The molecule has 210 valence electrons. The molecule has 0 aromatic heterocycles. The van der Waals surface area contributed by atoms with Gasteiger partial charge in [-0.1, -0.05) is 19.9 Å². The standard InChI is InChI=1S/C29H34O10/c1-12-17-19-18(13(2)23(33)35-19)37-29-20(17)25(5,21(12)31)8-9-26(39-29)11-27-15(7-6-14(26)22(29)32)24(3,4)38-28(27,34)10-16(30)36-27/h6,12-13,15,17-20,34H,7-11H2,1-5H3/t12-,13+,15+,17-,18-,19-,20+,25+,26+,27-,28-,29+/m1/s1. The molecule has 39 heavy (non-hydrogen) atoms. The van der Waals surface area contributed by atoms with Gasteiger partial charge in [0, 0.05) is 41.1 Å². The molecule has 0 aromatic carbocycles. The van der Waals surface area contributed by atoms with Gasteiger partial charge in [-0.05, 0) is 40.0 Å². The van der Waals surface area contributed by atoms with Gasteiger partial charge in [0.2, 0.25) is 17.4 Å².